The SMILES string of the molecule is COc1ccc(OC)c(C(=O)NCCc2c[nH]c3ccccc23)c1. The Balaban J connectivity index is 1.67. The molecule has 3 aromatic rings. The summed E-state index contributed by atoms with van der Waals surface area (Å²) in [5.74, 6) is 0.976. The number of aromatic nitrogens is 1. The average molecular weight is 324 g/mol. The van der Waals surface area contributed by atoms with Crippen LogP contribution < -0.4 is 14.8 Å². The molecule has 0 bridgehead atoms. The van der Waals surface area contributed by atoms with Gasteiger partial charge in [-0.05, 0) is 36.2 Å². The van der Waals surface area contributed by atoms with Gasteiger partial charge in [-0.25, -0.2) is 0 Å². The van der Waals surface area contributed by atoms with E-state index in [4.69, 9.17) is 9.47 Å². The van der Waals surface area contributed by atoms with E-state index in [9.17, 15) is 4.79 Å². The maximum Gasteiger partial charge on any atom is 0.255 e. The van der Waals surface area contributed by atoms with Crippen molar-refractivity contribution in [1.29, 1.82) is 0 Å². The van der Waals surface area contributed by atoms with Crippen LogP contribution in [0.15, 0.2) is 48.7 Å². The molecule has 0 spiro atoms. The van der Waals surface area contributed by atoms with Crippen molar-refractivity contribution in [2.45, 2.75) is 6.42 Å². The van der Waals surface area contributed by atoms with E-state index in [2.05, 4.69) is 16.4 Å². The Morgan fingerprint density at radius 1 is 1.12 bits per heavy atom. The molecule has 1 aromatic heterocycles. The zero-order chi connectivity index (χ0) is 16.9. The molecule has 0 aliphatic heterocycles. The number of para-hydroxylation sites is 1. The van der Waals surface area contributed by atoms with Crippen molar-refractivity contribution >= 4 is 16.8 Å². The van der Waals surface area contributed by atoms with E-state index < -0.39 is 0 Å². The molecule has 1 amide bonds. The fourth-order valence-electron chi connectivity index (χ4n) is 2.74. The Morgan fingerprint density at radius 2 is 1.96 bits per heavy atom. The molecule has 0 aliphatic rings. The summed E-state index contributed by atoms with van der Waals surface area (Å²) in [4.78, 5) is 15.7. The third kappa shape index (κ3) is 3.20. The Labute approximate surface area is 140 Å². The van der Waals surface area contributed by atoms with Crippen LogP contribution in [-0.2, 0) is 6.42 Å². The van der Waals surface area contributed by atoms with E-state index in [0.29, 0.717) is 23.6 Å². The van der Waals surface area contributed by atoms with E-state index in [-0.39, 0.29) is 5.91 Å². The molecule has 2 N–H and O–H groups in total. The topological polar surface area (TPSA) is 63.4 Å². The molecular formula is C19H20N2O3. The predicted octanol–water partition coefficient (Wildman–Crippen LogP) is 3.16. The molecule has 3 rings (SSSR count). The van der Waals surface area contributed by atoms with Gasteiger partial charge in [0.1, 0.15) is 11.5 Å². The molecule has 24 heavy (non-hydrogen) atoms. The van der Waals surface area contributed by atoms with Crippen molar-refractivity contribution in [1.82, 2.24) is 10.3 Å². The van der Waals surface area contributed by atoms with Gasteiger partial charge in [0.05, 0.1) is 19.8 Å². The molecule has 0 saturated carbocycles. The van der Waals surface area contributed by atoms with Crippen LogP contribution in [0.4, 0.5) is 0 Å². The Kier molecular flexibility index (Phi) is 4.70. The minimum absolute atomic E-state index is 0.175. The van der Waals surface area contributed by atoms with Crippen LogP contribution in [0.5, 0.6) is 11.5 Å². The fourth-order valence-corrected chi connectivity index (χ4v) is 2.74. The minimum Gasteiger partial charge on any atom is -0.497 e. The molecule has 0 atom stereocenters. The van der Waals surface area contributed by atoms with Crippen LogP contribution in [0.3, 0.4) is 0 Å². The summed E-state index contributed by atoms with van der Waals surface area (Å²) in [5.41, 5.74) is 2.76. The van der Waals surface area contributed by atoms with Gasteiger partial charge in [-0.3, -0.25) is 4.79 Å². The van der Waals surface area contributed by atoms with Crippen molar-refractivity contribution < 1.29 is 14.3 Å². The molecule has 2 aromatic carbocycles. The third-order valence-corrected chi connectivity index (χ3v) is 4.01. The smallest absolute Gasteiger partial charge is 0.255 e. The number of amides is 1. The lowest BCUT2D eigenvalue weighted by Crippen LogP contribution is -2.26. The minimum atomic E-state index is -0.175. The van der Waals surface area contributed by atoms with Crippen LogP contribution in [0.25, 0.3) is 10.9 Å². The number of carbonyl (C=O) groups is 1. The quantitative estimate of drug-likeness (QED) is 0.732. The lowest BCUT2D eigenvalue weighted by Gasteiger charge is -2.10. The molecule has 1 heterocycles. The maximum atomic E-state index is 12.4. The summed E-state index contributed by atoms with van der Waals surface area (Å²) in [7, 11) is 3.12. The van der Waals surface area contributed by atoms with Gasteiger partial charge < -0.3 is 19.8 Å². The number of nitrogens with one attached hydrogen (secondary N) is 2. The summed E-state index contributed by atoms with van der Waals surface area (Å²) in [6.45, 7) is 0.543. The van der Waals surface area contributed by atoms with Crippen molar-refractivity contribution in [2.75, 3.05) is 20.8 Å². The van der Waals surface area contributed by atoms with Crippen molar-refractivity contribution in [3.63, 3.8) is 0 Å². The third-order valence-electron chi connectivity index (χ3n) is 4.01. The van der Waals surface area contributed by atoms with Crippen LogP contribution in [0, 0.1) is 0 Å². The molecule has 0 radical (unpaired) electrons. The first kappa shape index (κ1) is 15.9. The standard InChI is InChI=1S/C19H20N2O3/c1-23-14-7-8-18(24-2)16(11-14)19(22)20-10-9-13-12-21-17-6-4-3-5-15(13)17/h3-8,11-12,21H,9-10H2,1-2H3,(H,20,22). The first-order valence-electron chi connectivity index (χ1n) is 7.78. The van der Waals surface area contributed by atoms with Gasteiger partial charge >= 0.3 is 0 Å². The number of rotatable bonds is 6. The van der Waals surface area contributed by atoms with Crippen molar-refractivity contribution in [3.8, 4) is 11.5 Å². The zero-order valence-corrected chi connectivity index (χ0v) is 13.8. The first-order chi connectivity index (χ1) is 11.7. The highest BCUT2D eigenvalue weighted by molar-refractivity contribution is 5.97. The summed E-state index contributed by atoms with van der Waals surface area (Å²) >= 11 is 0. The number of benzene rings is 2. The number of fused-ring (bicyclic) bond motifs is 1. The van der Waals surface area contributed by atoms with E-state index in [0.717, 1.165) is 11.9 Å². The van der Waals surface area contributed by atoms with Crippen LogP contribution in [0.1, 0.15) is 15.9 Å². The molecule has 0 fully saturated rings. The molecule has 124 valence electrons. The highest BCUT2D eigenvalue weighted by Crippen LogP contribution is 2.24. The summed E-state index contributed by atoms with van der Waals surface area (Å²) in [6, 6.07) is 13.3. The number of carbonyl (C=O) groups excluding carboxylic acids is 1. The number of hydrogen-bond acceptors (Lipinski definition) is 3. The van der Waals surface area contributed by atoms with Crippen LogP contribution in [0.2, 0.25) is 0 Å². The van der Waals surface area contributed by atoms with Crippen molar-refractivity contribution in [3.05, 3.63) is 59.8 Å². The molecule has 5 heteroatoms. The van der Waals surface area contributed by atoms with E-state index >= 15 is 0 Å². The lowest BCUT2D eigenvalue weighted by molar-refractivity contribution is 0.0950. The van der Waals surface area contributed by atoms with Gasteiger partial charge in [0, 0.05) is 23.6 Å². The monoisotopic (exact) mass is 324 g/mol. The van der Waals surface area contributed by atoms with Crippen LogP contribution >= 0.6 is 0 Å². The van der Waals surface area contributed by atoms with Gasteiger partial charge in [-0.2, -0.15) is 0 Å². The second kappa shape index (κ2) is 7.08. The number of methoxy groups -OCH3 is 2. The Bertz CT molecular complexity index is 855. The van der Waals surface area contributed by atoms with E-state index in [1.54, 1.807) is 32.4 Å². The first-order valence-corrected chi connectivity index (χ1v) is 7.78. The maximum absolute atomic E-state index is 12.4. The average Bonchev–Trinajstić information content (AvgIpc) is 3.04. The van der Waals surface area contributed by atoms with Crippen LogP contribution in [-0.4, -0.2) is 31.7 Å². The summed E-state index contributed by atoms with van der Waals surface area (Å²) in [5, 5.41) is 4.13. The van der Waals surface area contributed by atoms with E-state index in [1.165, 1.54) is 10.9 Å². The fraction of sp³-hybridized carbons (Fsp3) is 0.211. The normalized spacial score (nSPS) is 10.6. The molecule has 5 nitrogen and oxygen atoms in total. The van der Waals surface area contributed by atoms with Gasteiger partial charge in [0.15, 0.2) is 0 Å². The number of hydrogen-bond donors (Lipinski definition) is 2. The highest BCUT2D eigenvalue weighted by atomic mass is 16.5. The number of aromatic amines is 1. The zero-order valence-electron chi connectivity index (χ0n) is 13.8. The molecule has 0 unspecified atom stereocenters. The summed E-state index contributed by atoms with van der Waals surface area (Å²) < 4.78 is 10.4. The molecule has 0 saturated heterocycles. The number of ether oxygens (including phenoxy) is 2. The van der Waals surface area contributed by atoms with Crippen molar-refractivity contribution in [2.24, 2.45) is 0 Å². The molecular weight excluding hydrogens is 304 g/mol. The molecule has 0 aliphatic carbocycles. The lowest BCUT2D eigenvalue weighted by atomic mass is 10.1. The van der Waals surface area contributed by atoms with Gasteiger partial charge in [0.25, 0.3) is 5.91 Å². The Morgan fingerprint density at radius 3 is 2.75 bits per heavy atom. The highest BCUT2D eigenvalue weighted by Gasteiger charge is 2.13. The second-order valence-electron chi connectivity index (χ2n) is 5.43. The van der Waals surface area contributed by atoms with Gasteiger partial charge in [0.2, 0.25) is 0 Å². The van der Waals surface area contributed by atoms with Gasteiger partial charge in [-0.1, -0.05) is 18.2 Å². The number of H-pyrrole nitrogens is 1. The van der Waals surface area contributed by atoms with Gasteiger partial charge in [-0.15, -0.1) is 0 Å². The van der Waals surface area contributed by atoms with E-state index in [1.807, 2.05) is 24.4 Å². The largest absolute Gasteiger partial charge is 0.497 e. The summed E-state index contributed by atoms with van der Waals surface area (Å²) in [6.07, 6.45) is 2.74. The predicted molar refractivity (Wildman–Crippen MR) is 93.9 cm³/mol. The second-order valence-corrected chi connectivity index (χ2v) is 5.43. The Hall–Kier alpha value is -2.95.